The minimum absolute atomic E-state index is 0.343. The van der Waals surface area contributed by atoms with Gasteiger partial charge in [-0.2, -0.15) is 10.1 Å². The van der Waals surface area contributed by atoms with Crippen LogP contribution in [0.5, 0.6) is 0 Å². The van der Waals surface area contributed by atoms with E-state index in [0.29, 0.717) is 5.95 Å². The van der Waals surface area contributed by atoms with Gasteiger partial charge in [-0.15, -0.1) is 10.2 Å². The van der Waals surface area contributed by atoms with Crippen LogP contribution in [0.15, 0.2) is 53.8 Å². The molecular weight excluding hydrogens is 290 g/mol. The molecule has 7 heteroatoms. The molecule has 0 amide bonds. The molecule has 0 saturated carbocycles. The van der Waals surface area contributed by atoms with E-state index in [4.69, 9.17) is 0 Å². The molecule has 0 aliphatic heterocycles. The first-order chi connectivity index (χ1) is 11.3. The first-order valence-electron chi connectivity index (χ1n) is 7.11. The molecule has 1 N–H and O–H groups in total. The zero-order valence-corrected chi connectivity index (χ0v) is 12.4. The minimum Gasteiger partial charge on any atom is -0.327 e. The number of para-hydroxylation sites is 1. The molecule has 23 heavy (non-hydrogen) atoms. The maximum atomic E-state index is 4.49. The number of hydrazone groups is 1. The van der Waals surface area contributed by atoms with E-state index in [2.05, 4.69) is 30.7 Å². The lowest BCUT2D eigenvalue weighted by Gasteiger charge is -1.99. The molecule has 0 saturated heterocycles. The van der Waals surface area contributed by atoms with Crippen LogP contribution in [0, 0.1) is 0 Å². The summed E-state index contributed by atoms with van der Waals surface area (Å²) in [4.78, 5) is 8.64. The smallest absolute Gasteiger partial charge is 0.265 e. The van der Waals surface area contributed by atoms with E-state index in [9.17, 15) is 0 Å². The van der Waals surface area contributed by atoms with Gasteiger partial charge in [0.15, 0.2) is 5.65 Å². The summed E-state index contributed by atoms with van der Waals surface area (Å²) in [5.74, 6) is 0.343. The lowest BCUT2D eigenvalue weighted by atomic mass is 10.2. The molecule has 0 bridgehead atoms. The Kier molecular flexibility index (Phi) is 3.16. The number of aryl methyl sites for hydroxylation is 1. The fourth-order valence-corrected chi connectivity index (χ4v) is 2.46. The third-order valence-electron chi connectivity index (χ3n) is 3.56. The first kappa shape index (κ1) is 13.3. The van der Waals surface area contributed by atoms with Crippen molar-refractivity contribution in [3.8, 4) is 0 Å². The van der Waals surface area contributed by atoms with Crippen LogP contribution in [0.2, 0.25) is 0 Å². The SMILES string of the molecule is Cn1c2ccccc2c2nnc(N/N=C/c3ccccn3)nc21. The molecule has 0 aliphatic carbocycles. The number of anilines is 1. The molecule has 1 aromatic carbocycles. The van der Waals surface area contributed by atoms with Gasteiger partial charge in [0.05, 0.1) is 17.4 Å². The van der Waals surface area contributed by atoms with Crippen LogP contribution in [0.3, 0.4) is 0 Å². The Balaban J connectivity index is 1.68. The fourth-order valence-electron chi connectivity index (χ4n) is 2.46. The zero-order valence-electron chi connectivity index (χ0n) is 12.4. The van der Waals surface area contributed by atoms with E-state index in [1.807, 2.05) is 54.1 Å². The van der Waals surface area contributed by atoms with Crippen LogP contribution in [0.25, 0.3) is 22.1 Å². The monoisotopic (exact) mass is 303 g/mol. The standard InChI is InChI=1S/C16H13N7/c1-23-13-8-3-2-7-12(13)14-15(23)19-16(22-20-14)21-18-10-11-6-4-5-9-17-11/h2-10H,1H3,(H,19,21,22)/b18-10+. The second kappa shape index (κ2) is 5.45. The summed E-state index contributed by atoms with van der Waals surface area (Å²) in [5.41, 5.74) is 6.15. The molecule has 0 radical (unpaired) electrons. The molecule has 0 aliphatic rings. The van der Waals surface area contributed by atoms with E-state index in [1.165, 1.54) is 0 Å². The quantitative estimate of drug-likeness (QED) is 0.464. The summed E-state index contributed by atoms with van der Waals surface area (Å²) in [6, 6.07) is 13.6. The summed E-state index contributed by atoms with van der Waals surface area (Å²) in [6.45, 7) is 0. The van der Waals surface area contributed by atoms with Crippen LogP contribution >= 0.6 is 0 Å². The van der Waals surface area contributed by atoms with Gasteiger partial charge in [0, 0.05) is 18.6 Å². The van der Waals surface area contributed by atoms with E-state index in [-0.39, 0.29) is 0 Å². The van der Waals surface area contributed by atoms with E-state index < -0.39 is 0 Å². The van der Waals surface area contributed by atoms with Crippen molar-refractivity contribution in [3.63, 3.8) is 0 Å². The van der Waals surface area contributed by atoms with E-state index in [0.717, 1.165) is 27.8 Å². The third kappa shape index (κ3) is 2.38. The summed E-state index contributed by atoms with van der Waals surface area (Å²) in [6.07, 6.45) is 3.32. The van der Waals surface area contributed by atoms with Gasteiger partial charge in [0.2, 0.25) is 0 Å². The van der Waals surface area contributed by atoms with Crippen LogP contribution in [0.4, 0.5) is 5.95 Å². The Hall–Kier alpha value is -3.35. The second-order valence-electron chi connectivity index (χ2n) is 5.01. The minimum atomic E-state index is 0.343. The number of benzene rings is 1. The zero-order chi connectivity index (χ0) is 15.6. The number of hydrogen-bond acceptors (Lipinski definition) is 6. The Morgan fingerprint density at radius 2 is 1.96 bits per heavy atom. The summed E-state index contributed by atoms with van der Waals surface area (Å²) < 4.78 is 1.99. The number of nitrogens with one attached hydrogen (secondary N) is 1. The van der Waals surface area contributed by atoms with Gasteiger partial charge in [0.1, 0.15) is 5.52 Å². The van der Waals surface area contributed by atoms with Gasteiger partial charge in [-0.05, 0) is 18.2 Å². The lowest BCUT2D eigenvalue weighted by molar-refractivity contribution is 0.949. The topological polar surface area (TPSA) is 80.9 Å². The summed E-state index contributed by atoms with van der Waals surface area (Å²) in [7, 11) is 1.96. The van der Waals surface area contributed by atoms with Crippen LogP contribution < -0.4 is 5.43 Å². The van der Waals surface area contributed by atoms with Gasteiger partial charge in [-0.1, -0.05) is 24.3 Å². The average Bonchev–Trinajstić information content (AvgIpc) is 2.89. The highest BCUT2D eigenvalue weighted by Gasteiger charge is 2.11. The Labute approximate surface area is 131 Å². The molecule has 3 heterocycles. The van der Waals surface area contributed by atoms with Gasteiger partial charge in [-0.25, -0.2) is 5.43 Å². The molecule has 0 atom stereocenters. The van der Waals surface area contributed by atoms with Crippen molar-refractivity contribution >= 4 is 34.2 Å². The van der Waals surface area contributed by atoms with Crippen LogP contribution in [-0.4, -0.2) is 30.9 Å². The fraction of sp³-hybridized carbons (Fsp3) is 0.0625. The first-order valence-corrected chi connectivity index (χ1v) is 7.11. The molecule has 112 valence electrons. The van der Waals surface area contributed by atoms with Gasteiger partial charge in [0.25, 0.3) is 5.95 Å². The lowest BCUT2D eigenvalue weighted by Crippen LogP contribution is -2.01. The molecule has 4 aromatic rings. The van der Waals surface area contributed by atoms with Crippen LogP contribution in [0.1, 0.15) is 5.69 Å². The number of hydrogen-bond donors (Lipinski definition) is 1. The number of fused-ring (bicyclic) bond motifs is 3. The second-order valence-corrected chi connectivity index (χ2v) is 5.01. The van der Waals surface area contributed by atoms with Crippen molar-refractivity contribution in [3.05, 3.63) is 54.4 Å². The van der Waals surface area contributed by atoms with Crippen molar-refractivity contribution < 1.29 is 0 Å². The predicted octanol–water partition coefficient (Wildman–Crippen LogP) is 2.36. The van der Waals surface area contributed by atoms with Crippen molar-refractivity contribution in [2.75, 3.05) is 5.43 Å². The summed E-state index contributed by atoms with van der Waals surface area (Å²) in [5, 5.41) is 13.5. The highest BCUT2D eigenvalue weighted by atomic mass is 15.4. The molecular formula is C16H13N7. The maximum Gasteiger partial charge on any atom is 0.265 e. The number of nitrogens with zero attached hydrogens (tertiary/aromatic N) is 6. The third-order valence-corrected chi connectivity index (χ3v) is 3.56. The number of pyridine rings is 1. The van der Waals surface area contributed by atoms with Gasteiger partial charge in [-0.3, -0.25) is 4.98 Å². The van der Waals surface area contributed by atoms with Crippen molar-refractivity contribution in [1.82, 2.24) is 24.7 Å². The molecule has 7 nitrogen and oxygen atoms in total. The largest absolute Gasteiger partial charge is 0.327 e. The van der Waals surface area contributed by atoms with Crippen LogP contribution in [-0.2, 0) is 7.05 Å². The van der Waals surface area contributed by atoms with E-state index >= 15 is 0 Å². The summed E-state index contributed by atoms with van der Waals surface area (Å²) >= 11 is 0. The van der Waals surface area contributed by atoms with Crippen molar-refractivity contribution in [2.45, 2.75) is 0 Å². The molecule has 0 fully saturated rings. The van der Waals surface area contributed by atoms with Crippen molar-refractivity contribution in [1.29, 1.82) is 0 Å². The number of rotatable bonds is 3. The Morgan fingerprint density at radius 1 is 1.09 bits per heavy atom. The average molecular weight is 303 g/mol. The normalized spacial score (nSPS) is 11.5. The van der Waals surface area contributed by atoms with Gasteiger partial charge >= 0.3 is 0 Å². The number of aromatic nitrogens is 5. The Bertz CT molecular complexity index is 1000. The molecule has 0 spiro atoms. The highest BCUT2D eigenvalue weighted by molar-refractivity contribution is 6.04. The molecule has 3 aromatic heterocycles. The maximum absolute atomic E-state index is 4.49. The predicted molar refractivity (Wildman–Crippen MR) is 89.3 cm³/mol. The van der Waals surface area contributed by atoms with E-state index in [1.54, 1.807) is 12.4 Å². The molecule has 4 rings (SSSR count). The van der Waals surface area contributed by atoms with Gasteiger partial charge < -0.3 is 4.57 Å². The van der Waals surface area contributed by atoms with Crippen molar-refractivity contribution in [2.24, 2.45) is 12.1 Å². The highest BCUT2D eigenvalue weighted by Crippen LogP contribution is 2.24. The Morgan fingerprint density at radius 3 is 2.83 bits per heavy atom. The molecule has 0 unspecified atom stereocenters.